The molecule has 0 aliphatic heterocycles. The van der Waals surface area contributed by atoms with E-state index in [2.05, 4.69) is 59.8 Å². The molecule has 43 heavy (non-hydrogen) atoms. The highest BCUT2D eigenvalue weighted by molar-refractivity contribution is 5.67. The first-order valence-corrected chi connectivity index (χ1v) is 17.5. The molecule has 4 aliphatic carbocycles. The molecule has 6 nitrogen and oxygen atoms in total. The van der Waals surface area contributed by atoms with Gasteiger partial charge in [0.1, 0.15) is 6.61 Å². The van der Waals surface area contributed by atoms with Gasteiger partial charge >= 0.3 is 5.97 Å². The summed E-state index contributed by atoms with van der Waals surface area (Å²) < 4.78 is 22.3. The Balaban J connectivity index is 1.22. The molecular formula is C37H62O6. The molecule has 0 saturated heterocycles. The number of hydrogen-bond donors (Lipinski definition) is 1. The maximum atomic E-state index is 10.4. The van der Waals surface area contributed by atoms with E-state index < -0.39 is 5.97 Å². The molecule has 3 fully saturated rings. The topological polar surface area (TPSA) is 74.2 Å². The van der Waals surface area contributed by atoms with Crippen LogP contribution in [0.25, 0.3) is 0 Å². The van der Waals surface area contributed by atoms with Crippen molar-refractivity contribution >= 4 is 5.97 Å². The number of ether oxygens (including phenoxy) is 4. The average Bonchev–Trinajstić information content (AvgIpc) is 3.33. The van der Waals surface area contributed by atoms with Gasteiger partial charge in [-0.05, 0) is 110 Å². The highest BCUT2D eigenvalue weighted by atomic mass is 16.6. The summed E-state index contributed by atoms with van der Waals surface area (Å²) in [5.74, 6) is 4.54. The molecule has 0 heterocycles. The van der Waals surface area contributed by atoms with E-state index in [9.17, 15) is 4.79 Å². The molecular weight excluding hydrogens is 540 g/mol. The summed E-state index contributed by atoms with van der Waals surface area (Å²) in [6.45, 7) is 17.4. The van der Waals surface area contributed by atoms with Gasteiger partial charge in [-0.3, -0.25) is 0 Å². The number of fused-ring (bicyclic) bond motifs is 5. The van der Waals surface area contributed by atoms with E-state index in [0.717, 1.165) is 42.4 Å². The van der Waals surface area contributed by atoms with Gasteiger partial charge in [0, 0.05) is 0 Å². The van der Waals surface area contributed by atoms with Crippen LogP contribution >= 0.6 is 0 Å². The summed E-state index contributed by atoms with van der Waals surface area (Å²) in [5, 5.41) is 8.55. The predicted molar refractivity (Wildman–Crippen MR) is 172 cm³/mol. The highest BCUT2D eigenvalue weighted by Crippen LogP contribution is 2.67. The fourth-order valence-corrected chi connectivity index (χ4v) is 9.83. The summed E-state index contributed by atoms with van der Waals surface area (Å²) in [4.78, 5) is 10.4. The Morgan fingerprint density at radius 1 is 0.930 bits per heavy atom. The first-order chi connectivity index (χ1) is 20.6. The molecule has 0 aromatic rings. The minimum absolute atomic E-state index is 0.281. The molecule has 0 aromatic heterocycles. The van der Waals surface area contributed by atoms with E-state index in [-0.39, 0.29) is 13.2 Å². The van der Waals surface area contributed by atoms with Crippen LogP contribution in [0, 0.1) is 52.3 Å². The number of rotatable bonds is 17. The molecule has 6 heteroatoms. The largest absolute Gasteiger partial charge is 0.480 e. The van der Waals surface area contributed by atoms with Crippen molar-refractivity contribution in [1.82, 2.24) is 0 Å². The van der Waals surface area contributed by atoms with Gasteiger partial charge in [0.25, 0.3) is 0 Å². The lowest BCUT2D eigenvalue weighted by atomic mass is 9.47. The van der Waals surface area contributed by atoms with Crippen molar-refractivity contribution in [3.8, 4) is 0 Å². The van der Waals surface area contributed by atoms with Crippen molar-refractivity contribution in [1.29, 1.82) is 0 Å². The van der Waals surface area contributed by atoms with E-state index in [1.807, 2.05) is 0 Å². The first kappa shape index (κ1) is 34.7. The summed E-state index contributed by atoms with van der Waals surface area (Å²) in [5.41, 5.74) is 2.52. The third kappa shape index (κ3) is 8.34. The van der Waals surface area contributed by atoms with E-state index in [1.54, 1.807) is 5.57 Å². The van der Waals surface area contributed by atoms with Crippen LogP contribution in [0.5, 0.6) is 0 Å². The molecule has 0 bridgehead atoms. The number of carboxylic acid groups (broad SMARTS) is 1. The lowest BCUT2D eigenvalue weighted by molar-refractivity contribution is -0.142. The fraction of sp³-hybridized carbons (Fsp3) is 0.865. The molecule has 4 rings (SSSR count). The van der Waals surface area contributed by atoms with Gasteiger partial charge in [0.2, 0.25) is 0 Å². The van der Waals surface area contributed by atoms with Crippen molar-refractivity contribution in [2.45, 2.75) is 105 Å². The van der Waals surface area contributed by atoms with E-state index in [1.165, 1.54) is 44.9 Å². The second-order valence-electron chi connectivity index (χ2n) is 15.0. The molecule has 4 aliphatic rings. The lowest BCUT2D eigenvalue weighted by Crippen LogP contribution is -2.51. The van der Waals surface area contributed by atoms with Crippen LogP contribution in [-0.2, 0) is 23.7 Å². The third-order valence-corrected chi connectivity index (χ3v) is 12.3. The number of aliphatic carboxylic acids is 1. The highest BCUT2D eigenvalue weighted by Gasteiger charge is 2.59. The maximum Gasteiger partial charge on any atom is 0.329 e. The first-order valence-electron chi connectivity index (χ1n) is 17.5. The fourth-order valence-electron chi connectivity index (χ4n) is 9.83. The average molecular weight is 603 g/mol. The zero-order chi connectivity index (χ0) is 31.0. The van der Waals surface area contributed by atoms with Gasteiger partial charge in [0.15, 0.2) is 0 Å². The van der Waals surface area contributed by atoms with Crippen LogP contribution in [0.1, 0.15) is 99.3 Å². The van der Waals surface area contributed by atoms with Crippen molar-refractivity contribution in [3.05, 3.63) is 23.8 Å². The van der Waals surface area contributed by atoms with Crippen molar-refractivity contribution in [3.63, 3.8) is 0 Å². The van der Waals surface area contributed by atoms with Crippen LogP contribution in [-0.4, -0.2) is 63.4 Å². The van der Waals surface area contributed by atoms with Crippen molar-refractivity contribution < 1.29 is 28.8 Å². The van der Waals surface area contributed by atoms with Gasteiger partial charge in [-0.15, -0.1) is 0 Å². The minimum Gasteiger partial charge on any atom is -0.480 e. The molecule has 0 aromatic carbocycles. The zero-order valence-electron chi connectivity index (χ0n) is 28.2. The molecule has 1 N–H and O–H groups in total. The van der Waals surface area contributed by atoms with Gasteiger partial charge in [0.05, 0.1) is 45.7 Å². The quantitative estimate of drug-likeness (QED) is 0.134. The SMILES string of the molecule is CC[C@H](C=C[C@@H](C)[C@H]1CCC2[C@@H]3CC=C4C[C@@H](OCCOCCOCCOCC(=O)O)CC[C@]4(C)[C@@H]3CC[C@@]21C)C(C)C. The summed E-state index contributed by atoms with van der Waals surface area (Å²) in [6.07, 6.45) is 19.8. The Morgan fingerprint density at radius 3 is 2.30 bits per heavy atom. The zero-order valence-corrected chi connectivity index (χ0v) is 28.2. The van der Waals surface area contributed by atoms with Crippen LogP contribution in [0.4, 0.5) is 0 Å². The Labute approximate surface area is 262 Å². The molecule has 246 valence electrons. The van der Waals surface area contributed by atoms with E-state index in [0.29, 0.717) is 61.8 Å². The number of carbonyl (C=O) groups is 1. The van der Waals surface area contributed by atoms with E-state index >= 15 is 0 Å². The predicted octanol–water partition coefficient (Wildman–Crippen LogP) is 7.96. The van der Waals surface area contributed by atoms with Gasteiger partial charge in [-0.25, -0.2) is 4.79 Å². The van der Waals surface area contributed by atoms with Crippen LogP contribution in [0.15, 0.2) is 23.8 Å². The Hall–Kier alpha value is -1.21. The lowest BCUT2D eigenvalue weighted by Gasteiger charge is -2.58. The molecule has 0 spiro atoms. The smallest absolute Gasteiger partial charge is 0.329 e. The molecule has 3 saturated carbocycles. The number of hydrogen-bond acceptors (Lipinski definition) is 5. The summed E-state index contributed by atoms with van der Waals surface area (Å²) >= 11 is 0. The second-order valence-corrected chi connectivity index (χ2v) is 15.0. The van der Waals surface area contributed by atoms with Gasteiger partial charge in [-0.2, -0.15) is 0 Å². The molecule has 9 atom stereocenters. The summed E-state index contributed by atoms with van der Waals surface area (Å²) in [6, 6.07) is 0. The van der Waals surface area contributed by atoms with Gasteiger partial charge < -0.3 is 24.1 Å². The molecule has 1 unspecified atom stereocenters. The van der Waals surface area contributed by atoms with Crippen LogP contribution in [0.3, 0.4) is 0 Å². The third-order valence-electron chi connectivity index (χ3n) is 12.3. The normalized spacial score (nSPS) is 35.3. The van der Waals surface area contributed by atoms with E-state index in [4.69, 9.17) is 24.1 Å². The number of allylic oxidation sites excluding steroid dienone is 3. The Bertz CT molecular complexity index is 943. The summed E-state index contributed by atoms with van der Waals surface area (Å²) in [7, 11) is 0. The Morgan fingerprint density at radius 2 is 1.63 bits per heavy atom. The van der Waals surface area contributed by atoms with Crippen LogP contribution < -0.4 is 0 Å². The molecule has 0 radical (unpaired) electrons. The van der Waals surface area contributed by atoms with Crippen LogP contribution in [0.2, 0.25) is 0 Å². The van der Waals surface area contributed by atoms with Gasteiger partial charge in [-0.1, -0.05) is 65.3 Å². The Kier molecular flexibility index (Phi) is 12.8. The van der Waals surface area contributed by atoms with Crippen molar-refractivity contribution in [2.24, 2.45) is 52.3 Å². The molecule has 0 amide bonds. The monoisotopic (exact) mass is 602 g/mol. The maximum absolute atomic E-state index is 10.4. The van der Waals surface area contributed by atoms with Crippen molar-refractivity contribution in [2.75, 3.05) is 46.2 Å². The number of carboxylic acids is 1. The second kappa shape index (κ2) is 15.9. The minimum atomic E-state index is -0.963. The standard InChI is InChI=1S/C37H62O6/c1-7-28(26(2)3)9-8-27(4)32-12-13-33-31-11-10-29-24-30(14-16-36(29,5)34(31)15-17-37(32,33)6)43-23-22-41-19-18-40-20-21-42-25-35(38)39/h8-10,26-28,30-34H,7,11-25H2,1-6H3,(H,38,39)/t27-,28-,30+,31+,32-,33?,34-,36+,37-/m1/s1.